The van der Waals surface area contributed by atoms with Crippen LogP contribution in [0.4, 0.5) is 5.69 Å². The van der Waals surface area contributed by atoms with Gasteiger partial charge < -0.3 is 9.73 Å². The highest BCUT2D eigenvalue weighted by Gasteiger charge is 2.13. The number of hydrogen-bond acceptors (Lipinski definition) is 5. The molecule has 118 valence electrons. The Bertz CT molecular complexity index is 1140. The zero-order valence-electron chi connectivity index (χ0n) is 12.7. The first kappa shape index (κ1) is 14.6. The van der Waals surface area contributed by atoms with Crippen molar-refractivity contribution in [2.24, 2.45) is 0 Å². The van der Waals surface area contributed by atoms with E-state index in [4.69, 9.17) is 4.42 Å². The lowest BCUT2D eigenvalue weighted by molar-refractivity contribution is 0.0997. The van der Waals surface area contributed by atoms with Gasteiger partial charge in [-0.3, -0.25) is 9.59 Å². The van der Waals surface area contributed by atoms with E-state index < -0.39 is 5.91 Å². The predicted octanol–water partition coefficient (Wildman–Crippen LogP) is 3.96. The first-order valence-corrected chi connectivity index (χ1v) is 8.13. The van der Waals surface area contributed by atoms with E-state index in [1.807, 2.05) is 19.1 Å². The fraction of sp³-hybridized carbons (Fsp3) is 0.0556. The number of carbonyl (C=O) groups is 1. The van der Waals surface area contributed by atoms with Crippen LogP contribution in [0.1, 0.15) is 15.6 Å². The first-order valence-electron chi connectivity index (χ1n) is 7.31. The number of thiazole rings is 1. The number of aromatic nitrogens is 1. The smallest absolute Gasteiger partial charge is 0.291 e. The van der Waals surface area contributed by atoms with Crippen molar-refractivity contribution in [3.8, 4) is 0 Å². The molecule has 0 bridgehead atoms. The van der Waals surface area contributed by atoms with Crippen LogP contribution in [-0.4, -0.2) is 10.9 Å². The van der Waals surface area contributed by atoms with E-state index in [-0.39, 0.29) is 11.2 Å². The second-order valence-electron chi connectivity index (χ2n) is 5.34. The summed E-state index contributed by atoms with van der Waals surface area (Å²) in [6, 6.07) is 13.6. The van der Waals surface area contributed by atoms with Gasteiger partial charge in [-0.1, -0.05) is 12.1 Å². The van der Waals surface area contributed by atoms with Crippen LogP contribution in [0.3, 0.4) is 0 Å². The highest BCUT2D eigenvalue weighted by molar-refractivity contribution is 7.18. The number of aryl methyl sites for hydroxylation is 1. The Morgan fingerprint density at radius 3 is 2.88 bits per heavy atom. The number of para-hydroxylation sites is 1. The normalized spacial score (nSPS) is 11.0. The number of nitrogens with zero attached hydrogens (tertiary/aromatic N) is 1. The molecule has 1 N–H and O–H groups in total. The van der Waals surface area contributed by atoms with Gasteiger partial charge in [0.15, 0.2) is 11.2 Å². The van der Waals surface area contributed by atoms with Crippen molar-refractivity contribution in [3.63, 3.8) is 0 Å². The third-order valence-corrected chi connectivity index (χ3v) is 4.55. The molecule has 6 heteroatoms. The maximum atomic E-state index is 12.4. The average Bonchev–Trinajstić information content (AvgIpc) is 2.94. The lowest BCUT2D eigenvalue weighted by Gasteiger charge is -2.05. The van der Waals surface area contributed by atoms with Crippen LogP contribution in [0.5, 0.6) is 0 Å². The van der Waals surface area contributed by atoms with Gasteiger partial charge in [0.1, 0.15) is 5.58 Å². The molecule has 0 aliphatic heterocycles. The third-order valence-electron chi connectivity index (χ3n) is 3.61. The van der Waals surface area contributed by atoms with Crippen LogP contribution in [0.15, 0.2) is 57.7 Å². The molecule has 1 amide bonds. The van der Waals surface area contributed by atoms with Gasteiger partial charge in [-0.2, -0.15) is 0 Å². The molecule has 0 atom stereocenters. The molecule has 4 rings (SSSR count). The van der Waals surface area contributed by atoms with Crippen molar-refractivity contribution in [1.82, 2.24) is 4.98 Å². The summed E-state index contributed by atoms with van der Waals surface area (Å²) in [5.41, 5.74) is 1.68. The van der Waals surface area contributed by atoms with E-state index in [1.54, 1.807) is 41.7 Å². The van der Waals surface area contributed by atoms with Crippen molar-refractivity contribution in [2.45, 2.75) is 6.92 Å². The molecule has 0 fully saturated rings. The number of carbonyl (C=O) groups excluding carboxylic acids is 1. The quantitative estimate of drug-likeness (QED) is 0.601. The molecule has 4 aromatic rings. The molecule has 5 nitrogen and oxygen atoms in total. The first-order chi connectivity index (χ1) is 11.6. The SMILES string of the molecule is Cc1nc2ccc(NC(=O)c3cc(=O)c4ccccc4o3)cc2s1. The maximum Gasteiger partial charge on any atom is 0.291 e. The molecule has 0 spiro atoms. The zero-order chi connectivity index (χ0) is 16.7. The van der Waals surface area contributed by atoms with E-state index in [0.717, 1.165) is 15.2 Å². The summed E-state index contributed by atoms with van der Waals surface area (Å²) in [6.45, 7) is 1.94. The molecule has 2 heterocycles. The number of nitrogens with one attached hydrogen (secondary N) is 1. The van der Waals surface area contributed by atoms with E-state index in [9.17, 15) is 9.59 Å². The lowest BCUT2D eigenvalue weighted by Crippen LogP contribution is -2.14. The molecular weight excluding hydrogens is 324 g/mol. The minimum absolute atomic E-state index is 0.0146. The highest BCUT2D eigenvalue weighted by atomic mass is 32.1. The Morgan fingerprint density at radius 2 is 2.00 bits per heavy atom. The van der Waals surface area contributed by atoms with Crippen molar-refractivity contribution >= 4 is 44.1 Å². The summed E-state index contributed by atoms with van der Waals surface area (Å²) in [5.74, 6) is -0.474. The molecular formula is C18H12N2O3S. The van der Waals surface area contributed by atoms with E-state index in [1.165, 1.54) is 6.07 Å². The Balaban J connectivity index is 1.68. The third kappa shape index (κ3) is 2.57. The summed E-state index contributed by atoms with van der Waals surface area (Å²) in [7, 11) is 0. The topological polar surface area (TPSA) is 72.2 Å². The van der Waals surface area contributed by atoms with Gasteiger partial charge in [0, 0.05) is 11.8 Å². The summed E-state index contributed by atoms with van der Waals surface area (Å²) in [4.78, 5) is 28.9. The van der Waals surface area contributed by atoms with Gasteiger partial charge in [-0.05, 0) is 37.3 Å². The Morgan fingerprint density at radius 1 is 1.17 bits per heavy atom. The summed E-state index contributed by atoms with van der Waals surface area (Å²) >= 11 is 1.56. The molecule has 0 saturated carbocycles. The molecule has 0 radical (unpaired) electrons. The monoisotopic (exact) mass is 336 g/mol. The zero-order valence-corrected chi connectivity index (χ0v) is 13.5. The Hall–Kier alpha value is -2.99. The van der Waals surface area contributed by atoms with E-state index in [0.29, 0.717) is 16.7 Å². The molecule has 0 saturated heterocycles. The second-order valence-corrected chi connectivity index (χ2v) is 6.58. The predicted molar refractivity (Wildman–Crippen MR) is 94.8 cm³/mol. The molecule has 24 heavy (non-hydrogen) atoms. The van der Waals surface area contributed by atoms with Gasteiger partial charge in [0.25, 0.3) is 5.91 Å². The van der Waals surface area contributed by atoms with Crippen LogP contribution < -0.4 is 10.7 Å². The summed E-state index contributed by atoms with van der Waals surface area (Å²) in [6.07, 6.45) is 0. The fourth-order valence-corrected chi connectivity index (χ4v) is 3.39. The Kier molecular flexibility index (Phi) is 3.39. The highest BCUT2D eigenvalue weighted by Crippen LogP contribution is 2.25. The number of rotatable bonds is 2. The van der Waals surface area contributed by atoms with Crippen molar-refractivity contribution in [1.29, 1.82) is 0 Å². The van der Waals surface area contributed by atoms with Crippen LogP contribution in [0, 0.1) is 6.92 Å². The van der Waals surface area contributed by atoms with Crippen LogP contribution in [-0.2, 0) is 0 Å². The minimum Gasteiger partial charge on any atom is -0.451 e. The summed E-state index contributed by atoms with van der Waals surface area (Å²) in [5, 5.41) is 4.18. The van der Waals surface area contributed by atoms with Crippen LogP contribution in [0.2, 0.25) is 0 Å². The Labute approximate surface area is 140 Å². The lowest BCUT2D eigenvalue weighted by atomic mass is 10.2. The van der Waals surface area contributed by atoms with Crippen molar-refractivity contribution in [2.75, 3.05) is 5.32 Å². The van der Waals surface area contributed by atoms with Crippen molar-refractivity contribution in [3.05, 3.63) is 69.5 Å². The van der Waals surface area contributed by atoms with Crippen LogP contribution >= 0.6 is 11.3 Å². The molecule has 0 aliphatic rings. The van der Waals surface area contributed by atoms with Gasteiger partial charge in [-0.25, -0.2) is 4.98 Å². The minimum atomic E-state index is -0.460. The molecule has 0 unspecified atom stereocenters. The largest absolute Gasteiger partial charge is 0.451 e. The van der Waals surface area contributed by atoms with Gasteiger partial charge in [0.05, 0.1) is 20.6 Å². The van der Waals surface area contributed by atoms with Gasteiger partial charge in [-0.15, -0.1) is 11.3 Å². The standard InChI is InChI=1S/C18H12N2O3S/c1-10-19-13-7-6-11(8-17(13)24-10)20-18(22)16-9-14(21)12-4-2-3-5-15(12)23-16/h2-9H,1H3,(H,20,22). The summed E-state index contributed by atoms with van der Waals surface area (Å²) < 4.78 is 6.54. The molecule has 2 aromatic carbocycles. The van der Waals surface area contributed by atoms with Gasteiger partial charge >= 0.3 is 0 Å². The number of fused-ring (bicyclic) bond motifs is 2. The van der Waals surface area contributed by atoms with Crippen LogP contribution in [0.25, 0.3) is 21.2 Å². The fourth-order valence-electron chi connectivity index (χ4n) is 2.53. The number of anilines is 1. The van der Waals surface area contributed by atoms with E-state index in [2.05, 4.69) is 10.3 Å². The average molecular weight is 336 g/mol. The van der Waals surface area contributed by atoms with E-state index >= 15 is 0 Å². The molecule has 0 aliphatic carbocycles. The number of amides is 1. The number of benzene rings is 2. The maximum absolute atomic E-state index is 12.4. The van der Waals surface area contributed by atoms with Crippen molar-refractivity contribution < 1.29 is 9.21 Å². The number of hydrogen-bond donors (Lipinski definition) is 1. The second kappa shape index (κ2) is 5.58. The molecule has 2 aromatic heterocycles. The van der Waals surface area contributed by atoms with Gasteiger partial charge in [0.2, 0.25) is 0 Å².